The van der Waals surface area contributed by atoms with Crippen LogP contribution in [0.5, 0.6) is 0 Å². The molecule has 3 rings (SSSR count). The number of furan rings is 1. The van der Waals surface area contributed by atoms with Crippen molar-refractivity contribution in [2.45, 2.75) is 38.1 Å². The molecule has 0 atom stereocenters. The first kappa shape index (κ1) is 18.9. The highest BCUT2D eigenvalue weighted by Gasteiger charge is 2.35. The summed E-state index contributed by atoms with van der Waals surface area (Å²) in [5.74, 6) is 0.0610. The van der Waals surface area contributed by atoms with Crippen LogP contribution in [0.2, 0.25) is 0 Å². The molecule has 0 unspecified atom stereocenters. The Hall–Kier alpha value is -0.900. The minimum atomic E-state index is -3.47. The predicted octanol–water partition coefficient (Wildman–Crippen LogP) is 2.31. The second-order valence-electron chi connectivity index (χ2n) is 6.61. The molecule has 2 fully saturated rings. The molecule has 7 nitrogen and oxygen atoms in total. The summed E-state index contributed by atoms with van der Waals surface area (Å²) in [5, 5.41) is 0. The van der Waals surface area contributed by atoms with Gasteiger partial charge in [0.25, 0.3) is 16.1 Å². The number of rotatable bonds is 4. The molecule has 0 bridgehead atoms. The third-order valence-electron chi connectivity index (χ3n) is 5.09. The van der Waals surface area contributed by atoms with Crippen LogP contribution in [0.25, 0.3) is 0 Å². The van der Waals surface area contributed by atoms with Crippen LogP contribution < -0.4 is 0 Å². The fourth-order valence-corrected chi connectivity index (χ4v) is 5.41. The topological polar surface area (TPSA) is 74.1 Å². The average molecular weight is 434 g/mol. The van der Waals surface area contributed by atoms with Gasteiger partial charge in [0.2, 0.25) is 0 Å². The second-order valence-corrected chi connectivity index (χ2v) is 9.38. The van der Waals surface area contributed by atoms with E-state index in [2.05, 4.69) is 15.9 Å². The smallest absolute Gasteiger partial charge is 0.289 e. The van der Waals surface area contributed by atoms with Crippen molar-refractivity contribution in [2.75, 3.05) is 33.2 Å². The number of piperazine rings is 1. The van der Waals surface area contributed by atoms with Crippen molar-refractivity contribution >= 4 is 32.0 Å². The molecule has 1 saturated carbocycles. The molecule has 140 valence electrons. The van der Waals surface area contributed by atoms with E-state index >= 15 is 0 Å². The standard InChI is InChI=1S/C16H24BrN3O4S/c1-18(13-5-3-2-4-6-13)25(22,23)20-11-9-19(10-12-20)16(21)14-7-8-15(17)24-14/h7-8,13H,2-6,9-12H2,1H3. The monoisotopic (exact) mass is 433 g/mol. The highest BCUT2D eigenvalue weighted by Crippen LogP contribution is 2.25. The Bertz CT molecular complexity index is 707. The molecule has 1 amide bonds. The van der Waals surface area contributed by atoms with Crippen LogP contribution in [0.15, 0.2) is 21.2 Å². The molecule has 1 aliphatic carbocycles. The fraction of sp³-hybridized carbons (Fsp3) is 0.688. The zero-order valence-electron chi connectivity index (χ0n) is 14.4. The highest BCUT2D eigenvalue weighted by atomic mass is 79.9. The summed E-state index contributed by atoms with van der Waals surface area (Å²) in [4.78, 5) is 14.0. The van der Waals surface area contributed by atoms with E-state index in [1.165, 1.54) is 15.0 Å². The Kier molecular flexibility index (Phi) is 5.87. The van der Waals surface area contributed by atoms with Gasteiger partial charge in [-0.3, -0.25) is 4.79 Å². The van der Waals surface area contributed by atoms with Crippen LogP contribution in [0.3, 0.4) is 0 Å². The molecule has 9 heteroatoms. The number of hydrogen-bond acceptors (Lipinski definition) is 4. The first-order valence-electron chi connectivity index (χ1n) is 8.67. The molecule has 2 heterocycles. The van der Waals surface area contributed by atoms with Crippen molar-refractivity contribution in [3.8, 4) is 0 Å². The van der Waals surface area contributed by atoms with E-state index in [4.69, 9.17) is 4.42 Å². The lowest BCUT2D eigenvalue weighted by atomic mass is 9.96. The molecule has 0 spiro atoms. The largest absolute Gasteiger partial charge is 0.444 e. The van der Waals surface area contributed by atoms with Gasteiger partial charge in [0.15, 0.2) is 10.4 Å². The molecule has 25 heavy (non-hydrogen) atoms. The van der Waals surface area contributed by atoms with Crippen LogP contribution in [-0.2, 0) is 10.2 Å². The Balaban J connectivity index is 1.60. The third kappa shape index (κ3) is 4.10. The predicted molar refractivity (Wildman–Crippen MR) is 97.4 cm³/mol. The first-order chi connectivity index (χ1) is 11.9. The molecular formula is C16H24BrN3O4S. The Morgan fingerprint density at radius 2 is 1.80 bits per heavy atom. The normalized spacial score (nSPS) is 21.0. The molecule has 1 aliphatic heterocycles. The van der Waals surface area contributed by atoms with Gasteiger partial charge in [0.05, 0.1) is 0 Å². The van der Waals surface area contributed by atoms with Crippen LogP contribution >= 0.6 is 15.9 Å². The molecule has 2 aliphatic rings. The summed E-state index contributed by atoms with van der Waals surface area (Å²) in [6.07, 6.45) is 5.23. The van der Waals surface area contributed by atoms with Gasteiger partial charge in [0, 0.05) is 39.3 Å². The Morgan fingerprint density at radius 3 is 2.36 bits per heavy atom. The van der Waals surface area contributed by atoms with E-state index in [1.54, 1.807) is 24.1 Å². The lowest BCUT2D eigenvalue weighted by molar-refractivity contribution is 0.0659. The SMILES string of the molecule is CN(C1CCCCC1)S(=O)(=O)N1CCN(C(=O)c2ccc(Br)o2)CC1. The van der Waals surface area contributed by atoms with Crippen LogP contribution in [0, 0.1) is 0 Å². The summed E-state index contributed by atoms with van der Waals surface area (Å²) < 4.78 is 34.5. The molecule has 1 aromatic heterocycles. The maximum absolute atomic E-state index is 12.9. The van der Waals surface area contributed by atoms with Crippen molar-refractivity contribution < 1.29 is 17.6 Å². The molecule has 0 aromatic carbocycles. The van der Waals surface area contributed by atoms with E-state index in [0.29, 0.717) is 30.8 Å². The molecule has 0 N–H and O–H groups in total. The summed E-state index contributed by atoms with van der Waals surface area (Å²) >= 11 is 3.18. The van der Waals surface area contributed by atoms with Gasteiger partial charge in [0.1, 0.15) is 0 Å². The maximum atomic E-state index is 12.9. The van der Waals surface area contributed by atoms with Crippen molar-refractivity contribution in [3.63, 3.8) is 0 Å². The van der Waals surface area contributed by atoms with Crippen LogP contribution in [0.1, 0.15) is 42.7 Å². The minimum Gasteiger partial charge on any atom is -0.444 e. The van der Waals surface area contributed by atoms with Gasteiger partial charge in [-0.15, -0.1) is 0 Å². The highest BCUT2D eigenvalue weighted by molar-refractivity contribution is 9.10. The fourth-order valence-electron chi connectivity index (χ4n) is 3.52. The average Bonchev–Trinajstić information content (AvgIpc) is 3.07. The summed E-state index contributed by atoms with van der Waals surface area (Å²) in [5.41, 5.74) is 0. The van der Waals surface area contributed by atoms with E-state index in [-0.39, 0.29) is 17.7 Å². The lowest BCUT2D eigenvalue weighted by Crippen LogP contribution is -2.55. The number of carbonyl (C=O) groups is 1. The third-order valence-corrected chi connectivity index (χ3v) is 7.56. The zero-order valence-corrected chi connectivity index (χ0v) is 16.8. The van der Waals surface area contributed by atoms with Crippen molar-refractivity contribution in [3.05, 3.63) is 22.6 Å². The number of amides is 1. The number of carbonyl (C=O) groups excluding carboxylic acids is 1. The van der Waals surface area contributed by atoms with E-state index in [0.717, 1.165) is 25.7 Å². The summed E-state index contributed by atoms with van der Waals surface area (Å²) in [6, 6.07) is 3.39. The summed E-state index contributed by atoms with van der Waals surface area (Å²) in [7, 11) is -1.79. The van der Waals surface area contributed by atoms with Crippen LogP contribution in [0.4, 0.5) is 0 Å². The molecule has 1 saturated heterocycles. The van der Waals surface area contributed by atoms with Gasteiger partial charge in [-0.2, -0.15) is 17.0 Å². The first-order valence-corrected chi connectivity index (χ1v) is 10.9. The quantitative estimate of drug-likeness (QED) is 0.729. The number of halogens is 1. The van der Waals surface area contributed by atoms with Crippen LogP contribution in [-0.4, -0.2) is 67.1 Å². The minimum absolute atomic E-state index is 0.0962. The van der Waals surface area contributed by atoms with E-state index in [9.17, 15) is 13.2 Å². The lowest BCUT2D eigenvalue weighted by Gasteiger charge is -2.38. The molecule has 1 aromatic rings. The van der Waals surface area contributed by atoms with E-state index < -0.39 is 10.2 Å². The van der Waals surface area contributed by atoms with Gasteiger partial charge in [-0.05, 0) is 40.9 Å². The van der Waals surface area contributed by atoms with Gasteiger partial charge in [-0.25, -0.2) is 0 Å². The second kappa shape index (κ2) is 7.77. The maximum Gasteiger partial charge on any atom is 0.289 e. The Morgan fingerprint density at radius 1 is 1.16 bits per heavy atom. The van der Waals surface area contributed by atoms with E-state index in [1.807, 2.05) is 0 Å². The van der Waals surface area contributed by atoms with Gasteiger partial charge in [-0.1, -0.05) is 19.3 Å². The number of nitrogens with zero attached hydrogens (tertiary/aromatic N) is 3. The zero-order chi connectivity index (χ0) is 18.0. The Labute approximate surface area is 157 Å². The summed E-state index contributed by atoms with van der Waals surface area (Å²) in [6.45, 7) is 1.36. The van der Waals surface area contributed by atoms with Crippen molar-refractivity contribution in [1.82, 2.24) is 13.5 Å². The number of hydrogen-bond donors (Lipinski definition) is 0. The molecule has 0 radical (unpaired) electrons. The van der Waals surface area contributed by atoms with Gasteiger partial charge < -0.3 is 9.32 Å². The van der Waals surface area contributed by atoms with Crippen molar-refractivity contribution in [2.24, 2.45) is 0 Å². The molecular weight excluding hydrogens is 410 g/mol. The van der Waals surface area contributed by atoms with Gasteiger partial charge >= 0.3 is 0 Å². The van der Waals surface area contributed by atoms with Crippen molar-refractivity contribution in [1.29, 1.82) is 0 Å².